The van der Waals surface area contributed by atoms with Crippen LogP contribution in [0.5, 0.6) is 0 Å². The van der Waals surface area contributed by atoms with Crippen LogP contribution >= 0.6 is 11.8 Å². The van der Waals surface area contributed by atoms with Crippen LogP contribution in [-0.4, -0.2) is 60.8 Å². The third kappa shape index (κ3) is 7.89. The summed E-state index contributed by atoms with van der Waals surface area (Å²) >= 11 is 1.58. The molecule has 1 amide bonds. The molecule has 0 spiro atoms. The molecule has 0 saturated heterocycles. The van der Waals surface area contributed by atoms with Gasteiger partial charge in [-0.25, -0.2) is 4.98 Å². The van der Waals surface area contributed by atoms with Crippen molar-refractivity contribution in [1.82, 2.24) is 25.9 Å². The third-order valence-electron chi connectivity index (χ3n) is 3.15. The van der Waals surface area contributed by atoms with E-state index >= 15 is 0 Å². The Morgan fingerprint density at radius 1 is 1.38 bits per heavy atom. The Morgan fingerprint density at radius 3 is 2.73 bits per heavy atom. The smallest absolute Gasteiger partial charge is 0.315 e. The molecule has 142 valence electrons. The summed E-state index contributed by atoms with van der Waals surface area (Å²) in [6.07, 6.45) is 4.05. The lowest BCUT2D eigenvalue weighted by Gasteiger charge is -2.08. The van der Waals surface area contributed by atoms with E-state index in [-0.39, 0.29) is 13.0 Å². The molecule has 0 atom stereocenters. The highest BCUT2D eigenvalue weighted by Crippen LogP contribution is 2.16. The number of rotatable bonds is 9. The molecule has 0 aliphatic rings. The summed E-state index contributed by atoms with van der Waals surface area (Å²) in [5.74, 6) is 0.120. The van der Waals surface area contributed by atoms with E-state index in [9.17, 15) is 9.59 Å². The lowest BCUT2D eigenvalue weighted by molar-refractivity contribution is -0.143. The van der Waals surface area contributed by atoms with Crippen molar-refractivity contribution in [1.29, 1.82) is 5.26 Å². The molecule has 0 saturated carbocycles. The molecule has 0 radical (unpaired) electrons. The van der Waals surface area contributed by atoms with Gasteiger partial charge >= 0.3 is 5.97 Å². The number of hydrogen-bond acceptors (Lipinski definition) is 7. The fourth-order valence-electron chi connectivity index (χ4n) is 1.94. The number of methoxy groups -OCH3 is 1. The van der Waals surface area contributed by atoms with Crippen LogP contribution in [0.4, 0.5) is 0 Å². The number of imidazole rings is 1. The number of hydrogen-bond donors (Lipinski definition) is 4. The zero-order valence-corrected chi connectivity index (χ0v) is 15.8. The largest absolute Gasteiger partial charge is 0.469 e. The first-order valence-corrected chi connectivity index (χ1v) is 9.09. The van der Waals surface area contributed by atoms with Gasteiger partial charge in [-0.3, -0.25) is 19.9 Å². The molecular weight excluding hydrogens is 358 g/mol. The highest BCUT2D eigenvalue weighted by molar-refractivity contribution is 7.98. The van der Waals surface area contributed by atoms with Crippen molar-refractivity contribution in [2.24, 2.45) is 4.99 Å². The van der Waals surface area contributed by atoms with Gasteiger partial charge in [0, 0.05) is 31.7 Å². The van der Waals surface area contributed by atoms with Crippen LogP contribution in [0.25, 0.3) is 0 Å². The molecule has 1 aromatic heterocycles. The molecule has 4 N–H and O–H groups in total. The molecule has 11 heteroatoms. The van der Waals surface area contributed by atoms with Gasteiger partial charge in [-0.2, -0.15) is 5.26 Å². The number of nitrogens with one attached hydrogen (secondary N) is 4. The maximum atomic E-state index is 11.4. The lowest BCUT2D eigenvalue weighted by atomic mass is 10.4. The first kappa shape index (κ1) is 21.3. The summed E-state index contributed by atoms with van der Waals surface area (Å²) in [7, 11) is 1.22. The number of carbonyl (C=O) groups excluding carboxylic acids is 2. The fraction of sp³-hybridized carbons (Fsp3) is 0.533. The number of carbonyl (C=O) groups is 2. The van der Waals surface area contributed by atoms with E-state index in [0.29, 0.717) is 25.5 Å². The predicted octanol–water partition coefficient (Wildman–Crippen LogP) is -0.322. The number of guanidine groups is 1. The topological polar surface area (TPSA) is 144 Å². The van der Waals surface area contributed by atoms with E-state index in [1.165, 1.54) is 7.11 Å². The number of nitriles is 1. The van der Waals surface area contributed by atoms with E-state index in [4.69, 9.17) is 5.26 Å². The minimum atomic E-state index is -0.596. The molecule has 1 aromatic rings. The van der Waals surface area contributed by atoms with Crippen LogP contribution in [0.3, 0.4) is 0 Å². The van der Waals surface area contributed by atoms with Gasteiger partial charge in [-0.05, 0) is 13.2 Å². The Balaban J connectivity index is 2.37. The Bertz CT molecular complexity index is 681. The van der Waals surface area contributed by atoms with Crippen molar-refractivity contribution >= 4 is 29.6 Å². The van der Waals surface area contributed by atoms with Gasteiger partial charge in [0.2, 0.25) is 11.9 Å². The zero-order valence-electron chi connectivity index (χ0n) is 15.0. The minimum absolute atomic E-state index is 0.274. The number of H-pyrrole nitrogens is 1. The second-order valence-corrected chi connectivity index (χ2v) is 5.86. The van der Waals surface area contributed by atoms with Crippen molar-refractivity contribution in [3.05, 3.63) is 11.5 Å². The first-order valence-electron chi connectivity index (χ1n) is 7.86. The van der Waals surface area contributed by atoms with Gasteiger partial charge in [-0.1, -0.05) is 0 Å². The molecule has 1 rings (SSSR count). The van der Waals surface area contributed by atoms with Crippen molar-refractivity contribution in [2.75, 3.05) is 33.0 Å². The van der Waals surface area contributed by atoms with Crippen molar-refractivity contribution in [3.8, 4) is 6.19 Å². The number of aromatic nitrogens is 2. The highest BCUT2D eigenvalue weighted by atomic mass is 32.2. The average molecular weight is 381 g/mol. The van der Waals surface area contributed by atoms with E-state index in [1.807, 2.05) is 13.2 Å². The molecule has 0 unspecified atom stereocenters. The summed E-state index contributed by atoms with van der Waals surface area (Å²) in [6.45, 7) is 3.02. The molecule has 26 heavy (non-hydrogen) atoms. The number of nitrogens with zero attached hydrogens (tertiary/aromatic N) is 3. The van der Waals surface area contributed by atoms with Crippen LogP contribution in [0.1, 0.15) is 17.9 Å². The summed E-state index contributed by atoms with van der Waals surface area (Å²) in [5.41, 5.74) is 1.02. The van der Waals surface area contributed by atoms with Gasteiger partial charge in [-0.15, -0.1) is 11.8 Å². The van der Waals surface area contributed by atoms with Gasteiger partial charge in [0.05, 0.1) is 7.11 Å². The number of esters is 1. The Kier molecular flexibility index (Phi) is 9.63. The number of aliphatic imine (C=N–C) groups is 1. The fourth-order valence-corrected chi connectivity index (χ4v) is 2.49. The van der Waals surface area contributed by atoms with E-state index in [0.717, 1.165) is 16.5 Å². The molecule has 1 heterocycles. The third-order valence-corrected chi connectivity index (χ3v) is 3.93. The van der Waals surface area contributed by atoms with Crippen LogP contribution < -0.4 is 16.0 Å². The van der Waals surface area contributed by atoms with Gasteiger partial charge in [0.15, 0.2) is 6.19 Å². The summed E-state index contributed by atoms with van der Waals surface area (Å²) in [4.78, 5) is 34.3. The zero-order chi connectivity index (χ0) is 19.4. The van der Waals surface area contributed by atoms with E-state index in [1.54, 1.807) is 18.0 Å². The maximum absolute atomic E-state index is 11.4. The number of amides is 1. The normalized spacial score (nSPS) is 10.8. The number of aryl methyl sites for hydroxylation is 1. The second-order valence-electron chi connectivity index (χ2n) is 5.06. The van der Waals surface area contributed by atoms with E-state index < -0.39 is 11.9 Å². The molecule has 0 fully saturated rings. The molecule has 0 bridgehead atoms. The average Bonchev–Trinajstić information content (AvgIpc) is 2.98. The quantitative estimate of drug-likeness (QED) is 0.0666. The van der Waals surface area contributed by atoms with Crippen LogP contribution in [-0.2, 0) is 20.7 Å². The molecule has 0 aliphatic heterocycles. The van der Waals surface area contributed by atoms with Crippen LogP contribution in [0.15, 0.2) is 10.0 Å². The van der Waals surface area contributed by atoms with Gasteiger partial charge in [0.25, 0.3) is 0 Å². The van der Waals surface area contributed by atoms with Crippen molar-refractivity contribution in [2.45, 2.75) is 24.8 Å². The predicted molar refractivity (Wildman–Crippen MR) is 97.5 cm³/mol. The summed E-state index contributed by atoms with van der Waals surface area (Å²) in [5, 5.41) is 17.6. The minimum Gasteiger partial charge on any atom is -0.469 e. The molecule has 0 aliphatic carbocycles. The van der Waals surface area contributed by atoms with Crippen molar-refractivity contribution in [3.63, 3.8) is 0 Å². The van der Waals surface area contributed by atoms with Crippen molar-refractivity contribution < 1.29 is 14.3 Å². The molecule has 10 nitrogen and oxygen atoms in total. The molecular formula is C15H23N7O3S. The number of thioether (sulfide) groups is 1. The summed E-state index contributed by atoms with van der Waals surface area (Å²) < 4.78 is 4.40. The summed E-state index contributed by atoms with van der Waals surface area (Å²) in [6, 6.07) is 0. The number of aromatic amines is 1. The van der Waals surface area contributed by atoms with E-state index in [2.05, 4.69) is 35.6 Å². The van der Waals surface area contributed by atoms with Crippen LogP contribution in [0, 0.1) is 18.4 Å². The standard InChI is InChI=1S/C15H23N7O3S/c1-10-14(26-3)22-11(21-10)4-5-18-15(20-9-16)19-7-6-17-12(23)8-13(24)25-2/h4-8H2,1-3H3,(H,17,23)(H,21,22)(H2,18,19,20). The highest BCUT2D eigenvalue weighted by Gasteiger charge is 2.08. The number of ether oxygens (including phenoxy) is 1. The Morgan fingerprint density at radius 2 is 2.12 bits per heavy atom. The maximum Gasteiger partial charge on any atom is 0.315 e. The van der Waals surface area contributed by atoms with Crippen LogP contribution in [0.2, 0.25) is 0 Å². The first-order chi connectivity index (χ1) is 12.5. The van der Waals surface area contributed by atoms with Gasteiger partial charge in [0.1, 0.15) is 17.3 Å². The van der Waals surface area contributed by atoms with Gasteiger partial charge < -0.3 is 20.4 Å². The Hall–Kier alpha value is -2.74. The lowest BCUT2D eigenvalue weighted by Crippen LogP contribution is -2.40. The molecule has 0 aromatic carbocycles. The second kappa shape index (κ2) is 11.8. The Labute approximate surface area is 156 Å². The SMILES string of the molecule is COC(=O)CC(=O)NCCNC(=NCCc1nc(SC)c(C)[nH]1)NC#N. The monoisotopic (exact) mass is 381 g/mol.